The Kier molecular flexibility index (Phi) is 6.74. The number of anilines is 1. The van der Waals surface area contributed by atoms with Crippen LogP contribution in [0.1, 0.15) is 42.1 Å². The van der Waals surface area contributed by atoms with Crippen molar-refractivity contribution in [3.63, 3.8) is 0 Å². The number of carbonyl (C=O) groups is 2. The lowest BCUT2D eigenvalue weighted by molar-refractivity contribution is -0.146. The summed E-state index contributed by atoms with van der Waals surface area (Å²) in [6.07, 6.45) is 0.303. The van der Waals surface area contributed by atoms with Gasteiger partial charge in [-0.2, -0.15) is 0 Å². The molecular formula is C20H23NO5S. The van der Waals surface area contributed by atoms with Gasteiger partial charge in [-0.3, -0.25) is 14.3 Å². The number of Topliss-reactive ketones (excluding diaryl/α,β-unsaturated/α-hetero) is 1. The van der Waals surface area contributed by atoms with Gasteiger partial charge in [0.2, 0.25) is 15.8 Å². The van der Waals surface area contributed by atoms with Gasteiger partial charge in [-0.1, -0.05) is 37.3 Å². The van der Waals surface area contributed by atoms with E-state index in [4.69, 9.17) is 4.74 Å². The quantitative estimate of drug-likeness (QED) is 0.552. The highest BCUT2D eigenvalue weighted by Crippen LogP contribution is 2.20. The molecular weight excluding hydrogens is 366 g/mol. The number of esters is 1. The summed E-state index contributed by atoms with van der Waals surface area (Å²) in [5, 5.41) is 0. The van der Waals surface area contributed by atoms with E-state index < -0.39 is 22.1 Å². The first kappa shape index (κ1) is 20.6. The number of ether oxygens (including phenoxy) is 1. The number of hydrogen-bond acceptors (Lipinski definition) is 5. The molecule has 0 heterocycles. The van der Waals surface area contributed by atoms with E-state index in [1.165, 1.54) is 31.2 Å². The summed E-state index contributed by atoms with van der Waals surface area (Å²) in [4.78, 5) is 24.5. The zero-order chi connectivity index (χ0) is 20.0. The van der Waals surface area contributed by atoms with E-state index in [9.17, 15) is 18.0 Å². The molecule has 0 spiro atoms. The monoisotopic (exact) mass is 389 g/mol. The van der Waals surface area contributed by atoms with Crippen LogP contribution in [0, 0.1) is 0 Å². The van der Waals surface area contributed by atoms with Crippen molar-refractivity contribution >= 4 is 27.5 Å². The minimum atomic E-state index is -3.38. The molecule has 0 unspecified atom stereocenters. The molecule has 0 radical (unpaired) electrons. The summed E-state index contributed by atoms with van der Waals surface area (Å²) >= 11 is 0. The Morgan fingerprint density at radius 1 is 1.00 bits per heavy atom. The lowest BCUT2D eigenvalue weighted by Gasteiger charge is -2.15. The van der Waals surface area contributed by atoms with Crippen molar-refractivity contribution in [2.75, 3.05) is 11.0 Å². The van der Waals surface area contributed by atoms with Gasteiger partial charge in [-0.15, -0.1) is 0 Å². The Morgan fingerprint density at radius 3 is 2.15 bits per heavy atom. The van der Waals surface area contributed by atoms with Crippen molar-refractivity contribution in [1.82, 2.24) is 0 Å². The summed E-state index contributed by atoms with van der Waals surface area (Å²) in [6.45, 7) is 3.45. The molecule has 0 amide bonds. The zero-order valence-electron chi connectivity index (χ0n) is 15.5. The number of benzene rings is 2. The molecule has 6 nitrogen and oxygen atoms in total. The molecule has 27 heavy (non-hydrogen) atoms. The molecule has 2 rings (SSSR count). The fourth-order valence-electron chi connectivity index (χ4n) is 2.60. The number of rotatable bonds is 8. The summed E-state index contributed by atoms with van der Waals surface area (Å²) in [7, 11) is -3.38. The van der Waals surface area contributed by atoms with Gasteiger partial charge in [0.15, 0.2) is 6.10 Å². The largest absolute Gasteiger partial charge is 0.454 e. The average Bonchev–Trinajstić information content (AvgIpc) is 2.61. The van der Waals surface area contributed by atoms with Gasteiger partial charge < -0.3 is 4.74 Å². The van der Waals surface area contributed by atoms with Crippen LogP contribution in [-0.4, -0.2) is 32.5 Å². The third-order valence-electron chi connectivity index (χ3n) is 3.99. The minimum Gasteiger partial charge on any atom is -0.454 e. The Balaban J connectivity index is 1.93. The molecule has 0 bridgehead atoms. The summed E-state index contributed by atoms with van der Waals surface area (Å²) in [6, 6.07) is 15.6. The average molecular weight is 389 g/mol. The van der Waals surface area contributed by atoms with Crippen LogP contribution in [0.2, 0.25) is 0 Å². The van der Waals surface area contributed by atoms with Crippen LogP contribution in [-0.2, 0) is 19.6 Å². The predicted octanol–water partition coefficient (Wildman–Crippen LogP) is 3.37. The molecule has 2 atom stereocenters. The van der Waals surface area contributed by atoms with Crippen molar-refractivity contribution in [3.8, 4) is 0 Å². The van der Waals surface area contributed by atoms with Crippen LogP contribution in [0.5, 0.6) is 0 Å². The smallest absolute Gasteiger partial charge is 0.307 e. The molecule has 0 aliphatic heterocycles. The molecule has 0 aliphatic rings. The lowest BCUT2D eigenvalue weighted by atomic mass is 9.98. The van der Waals surface area contributed by atoms with Crippen molar-refractivity contribution < 1.29 is 22.7 Å². The second-order valence-corrected chi connectivity index (χ2v) is 8.21. The number of hydrogen-bond donors (Lipinski definition) is 1. The molecule has 7 heteroatoms. The van der Waals surface area contributed by atoms with E-state index in [2.05, 4.69) is 4.72 Å². The third-order valence-corrected chi connectivity index (χ3v) is 4.60. The Morgan fingerprint density at radius 2 is 1.59 bits per heavy atom. The molecule has 144 valence electrons. The Labute approximate surface area is 159 Å². The van der Waals surface area contributed by atoms with Crippen LogP contribution < -0.4 is 4.72 Å². The fourth-order valence-corrected chi connectivity index (χ4v) is 3.16. The Hall–Kier alpha value is -2.67. The van der Waals surface area contributed by atoms with E-state index in [-0.39, 0.29) is 18.1 Å². The second kappa shape index (κ2) is 8.81. The molecule has 2 aromatic carbocycles. The van der Waals surface area contributed by atoms with Crippen molar-refractivity contribution in [2.24, 2.45) is 0 Å². The van der Waals surface area contributed by atoms with Crippen molar-refractivity contribution in [3.05, 3.63) is 65.7 Å². The first-order valence-electron chi connectivity index (χ1n) is 8.52. The first-order valence-corrected chi connectivity index (χ1v) is 10.4. The number of nitrogens with one attached hydrogen (secondary N) is 1. The first-order chi connectivity index (χ1) is 12.7. The summed E-state index contributed by atoms with van der Waals surface area (Å²) < 4.78 is 30.0. The lowest BCUT2D eigenvalue weighted by Crippen LogP contribution is -2.25. The van der Waals surface area contributed by atoms with Crippen LogP contribution in [0.15, 0.2) is 54.6 Å². The van der Waals surface area contributed by atoms with E-state index in [1.54, 1.807) is 0 Å². The Bertz CT molecular complexity index is 892. The highest BCUT2D eigenvalue weighted by atomic mass is 32.2. The van der Waals surface area contributed by atoms with Crippen molar-refractivity contribution in [1.29, 1.82) is 0 Å². The third kappa shape index (κ3) is 6.53. The molecule has 2 aromatic rings. The topological polar surface area (TPSA) is 89.5 Å². The SMILES string of the molecule is C[C@H](OC(=O)C[C@@H](C)c1ccccc1)C(=O)c1ccc(NS(C)(=O)=O)cc1. The van der Waals surface area contributed by atoms with Crippen molar-refractivity contribution in [2.45, 2.75) is 32.3 Å². The highest BCUT2D eigenvalue weighted by Gasteiger charge is 2.21. The number of sulfonamides is 1. The van der Waals surface area contributed by atoms with Gasteiger partial charge in [-0.05, 0) is 42.7 Å². The van der Waals surface area contributed by atoms with E-state index in [1.807, 2.05) is 37.3 Å². The van der Waals surface area contributed by atoms with Crippen LogP contribution in [0.3, 0.4) is 0 Å². The van der Waals surface area contributed by atoms with E-state index in [0.29, 0.717) is 11.3 Å². The normalized spacial score (nSPS) is 13.4. The maximum atomic E-state index is 12.4. The van der Waals surface area contributed by atoms with Crippen LogP contribution in [0.4, 0.5) is 5.69 Å². The van der Waals surface area contributed by atoms with Crippen LogP contribution in [0.25, 0.3) is 0 Å². The summed E-state index contributed by atoms with van der Waals surface area (Å²) in [5.41, 5.74) is 1.73. The number of carbonyl (C=O) groups excluding carboxylic acids is 2. The molecule has 0 fully saturated rings. The van der Waals surface area contributed by atoms with Crippen LogP contribution >= 0.6 is 0 Å². The maximum absolute atomic E-state index is 12.4. The zero-order valence-corrected chi connectivity index (χ0v) is 16.3. The fraction of sp³-hybridized carbons (Fsp3) is 0.300. The molecule has 0 aromatic heterocycles. The van der Waals surface area contributed by atoms with Gasteiger partial charge in [0.05, 0.1) is 12.7 Å². The highest BCUT2D eigenvalue weighted by molar-refractivity contribution is 7.92. The molecule has 0 saturated carbocycles. The molecule has 0 saturated heterocycles. The van der Waals surface area contributed by atoms with E-state index in [0.717, 1.165) is 11.8 Å². The van der Waals surface area contributed by atoms with Gasteiger partial charge in [-0.25, -0.2) is 8.42 Å². The maximum Gasteiger partial charge on any atom is 0.307 e. The van der Waals surface area contributed by atoms with Gasteiger partial charge in [0.25, 0.3) is 0 Å². The molecule has 0 aliphatic carbocycles. The van der Waals surface area contributed by atoms with Gasteiger partial charge in [0.1, 0.15) is 0 Å². The van der Waals surface area contributed by atoms with Gasteiger partial charge >= 0.3 is 5.97 Å². The molecule has 1 N–H and O–H groups in total. The minimum absolute atomic E-state index is 0.0117. The number of ketones is 1. The standard InChI is InChI=1S/C20H23NO5S/c1-14(16-7-5-4-6-8-16)13-19(22)26-15(2)20(23)17-9-11-18(12-10-17)21-27(3,24)25/h4-12,14-15,21H,13H2,1-3H3/t14-,15+/m1/s1. The van der Waals surface area contributed by atoms with Gasteiger partial charge in [0, 0.05) is 11.3 Å². The predicted molar refractivity (Wildman–Crippen MR) is 104 cm³/mol. The second-order valence-electron chi connectivity index (χ2n) is 6.46. The summed E-state index contributed by atoms with van der Waals surface area (Å²) in [5.74, 6) is -0.800. The van der Waals surface area contributed by atoms with E-state index >= 15 is 0 Å².